The molecule has 0 bridgehead atoms. The van der Waals surface area contributed by atoms with Crippen molar-refractivity contribution >= 4 is 39.8 Å². The molecule has 0 aliphatic carbocycles. The predicted octanol–water partition coefficient (Wildman–Crippen LogP) is 4.51. The van der Waals surface area contributed by atoms with Gasteiger partial charge in [0.15, 0.2) is 5.65 Å². The molecule has 0 amide bonds. The topological polar surface area (TPSA) is 76.2 Å². The monoisotopic (exact) mass is 502 g/mol. The molecule has 186 valence electrons. The van der Waals surface area contributed by atoms with Gasteiger partial charge in [0, 0.05) is 49.7 Å². The number of likely N-dealkylation sites (tertiary alicyclic amines) is 1. The molecule has 4 aromatic rings. The summed E-state index contributed by atoms with van der Waals surface area (Å²) in [7, 11) is 2.17. The molecule has 0 saturated carbocycles. The number of hydrogen-bond acceptors (Lipinski definition) is 7. The lowest BCUT2D eigenvalue weighted by Gasteiger charge is -2.37. The third-order valence-corrected chi connectivity index (χ3v) is 7.62. The first-order valence-corrected chi connectivity index (χ1v) is 13.0. The number of imidazole rings is 1. The van der Waals surface area contributed by atoms with E-state index < -0.39 is 0 Å². The number of pyridine rings is 2. The zero-order chi connectivity index (χ0) is 24.5. The molecular formula is C27H31ClN8. The molecule has 5 heterocycles. The van der Waals surface area contributed by atoms with E-state index in [0.29, 0.717) is 11.1 Å². The summed E-state index contributed by atoms with van der Waals surface area (Å²) in [5, 5.41) is 4.26. The van der Waals surface area contributed by atoms with Crippen molar-refractivity contribution in [1.82, 2.24) is 24.8 Å². The first kappa shape index (κ1) is 23.1. The minimum absolute atomic E-state index is 0.391. The molecule has 8 nitrogen and oxygen atoms in total. The highest BCUT2D eigenvalue weighted by Gasteiger charge is 2.21. The molecule has 1 aromatic carbocycles. The van der Waals surface area contributed by atoms with Crippen molar-refractivity contribution in [2.24, 2.45) is 0 Å². The highest BCUT2D eigenvalue weighted by Crippen LogP contribution is 2.32. The van der Waals surface area contributed by atoms with E-state index in [1.54, 1.807) is 6.20 Å². The quantitative estimate of drug-likeness (QED) is 0.416. The number of rotatable bonds is 5. The fourth-order valence-electron chi connectivity index (χ4n) is 5.16. The summed E-state index contributed by atoms with van der Waals surface area (Å²) in [5.74, 6) is 0.805. The van der Waals surface area contributed by atoms with Gasteiger partial charge >= 0.3 is 0 Å². The van der Waals surface area contributed by atoms with Crippen LogP contribution in [0.1, 0.15) is 12.8 Å². The average molecular weight is 503 g/mol. The third kappa shape index (κ3) is 4.70. The summed E-state index contributed by atoms with van der Waals surface area (Å²) in [6.45, 7) is 6.09. The van der Waals surface area contributed by atoms with Gasteiger partial charge in [-0.1, -0.05) is 11.6 Å². The number of benzene rings is 1. The summed E-state index contributed by atoms with van der Waals surface area (Å²) in [6, 6.07) is 13.1. The minimum Gasteiger partial charge on any atom is -0.379 e. The Bertz CT molecular complexity index is 1310. The number of aromatic amines is 1. The average Bonchev–Trinajstić information content (AvgIpc) is 3.37. The van der Waals surface area contributed by atoms with Crippen molar-refractivity contribution in [3.8, 4) is 11.4 Å². The van der Waals surface area contributed by atoms with Crippen LogP contribution in [0.4, 0.5) is 17.1 Å². The first-order valence-electron chi connectivity index (χ1n) is 12.6. The Kier molecular flexibility index (Phi) is 6.37. The standard InChI is InChI=1S/C27H31ClN8/c1-34-11-8-20(9-12-34)31-24-23(28)18-30-27-25(24)32-26(33-27)19-4-6-21(7-5-19)35-13-15-36(16-14-35)22-3-2-10-29-17-22/h2-7,10,17-18,20H,8-9,11-16H2,1H3,(H2,30,31,32,33). The van der Waals surface area contributed by atoms with Crippen LogP contribution in [0.15, 0.2) is 55.0 Å². The van der Waals surface area contributed by atoms with Crippen LogP contribution in [-0.4, -0.2) is 77.2 Å². The van der Waals surface area contributed by atoms with Gasteiger partial charge in [0.1, 0.15) is 11.3 Å². The van der Waals surface area contributed by atoms with Gasteiger partial charge in [0.25, 0.3) is 0 Å². The predicted molar refractivity (Wildman–Crippen MR) is 147 cm³/mol. The smallest absolute Gasteiger partial charge is 0.159 e. The highest BCUT2D eigenvalue weighted by atomic mass is 35.5. The van der Waals surface area contributed by atoms with Crippen LogP contribution in [0.2, 0.25) is 5.02 Å². The molecule has 0 unspecified atom stereocenters. The zero-order valence-corrected chi connectivity index (χ0v) is 21.2. The summed E-state index contributed by atoms with van der Waals surface area (Å²) < 4.78 is 0. The lowest BCUT2D eigenvalue weighted by molar-refractivity contribution is 0.264. The Hall–Kier alpha value is -3.36. The van der Waals surface area contributed by atoms with E-state index in [9.17, 15) is 0 Å². The van der Waals surface area contributed by atoms with Gasteiger partial charge in [0.05, 0.1) is 28.8 Å². The summed E-state index contributed by atoms with van der Waals surface area (Å²) >= 11 is 6.56. The van der Waals surface area contributed by atoms with E-state index in [-0.39, 0.29) is 0 Å². The molecule has 2 fully saturated rings. The number of anilines is 3. The Morgan fingerprint density at radius 3 is 2.33 bits per heavy atom. The fraction of sp³-hybridized carbons (Fsp3) is 0.370. The second-order valence-corrected chi connectivity index (χ2v) is 10.1. The van der Waals surface area contributed by atoms with Crippen LogP contribution in [0, 0.1) is 0 Å². The number of hydrogen-bond donors (Lipinski definition) is 2. The number of H-pyrrole nitrogens is 1. The van der Waals surface area contributed by atoms with Crippen molar-refractivity contribution in [2.45, 2.75) is 18.9 Å². The van der Waals surface area contributed by atoms with Crippen LogP contribution in [0.25, 0.3) is 22.6 Å². The molecule has 2 aliphatic rings. The molecule has 0 atom stereocenters. The van der Waals surface area contributed by atoms with Gasteiger partial charge in [-0.15, -0.1) is 0 Å². The second kappa shape index (κ2) is 9.95. The lowest BCUT2D eigenvalue weighted by Crippen LogP contribution is -2.46. The van der Waals surface area contributed by atoms with Gasteiger partial charge in [-0.3, -0.25) is 4.98 Å². The maximum atomic E-state index is 6.56. The third-order valence-electron chi connectivity index (χ3n) is 7.33. The van der Waals surface area contributed by atoms with Crippen LogP contribution in [-0.2, 0) is 0 Å². The number of aromatic nitrogens is 4. The van der Waals surface area contributed by atoms with E-state index in [1.165, 1.54) is 11.4 Å². The first-order chi connectivity index (χ1) is 17.6. The molecule has 2 saturated heterocycles. The molecule has 0 spiro atoms. The summed E-state index contributed by atoms with van der Waals surface area (Å²) in [6.07, 6.45) is 7.64. The fourth-order valence-corrected chi connectivity index (χ4v) is 5.35. The molecule has 2 N–H and O–H groups in total. The van der Waals surface area contributed by atoms with Crippen molar-refractivity contribution in [3.63, 3.8) is 0 Å². The Balaban J connectivity index is 1.17. The number of piperazine rings is 1. The van der Waals surface area contributed by atoms with Gasteiger partial charge in [0.2, 0.25) is 0 Å². The summed E-state index contributed by atoms with van der Waals surface area (Å²) in [4.78, 5) is 24.2. The SMILES string of the molecule is CN1CCC(Nc2c(Cl)cnc3[nH]c(-c4ccc(N5CCN(c6cccnc6)CC5)cc4)nc23)CC1. The van der Waals surface area contributed by atoms with Crippen LogP contribution < -0.4 is 15.1 Å². The number of piperidine rings is 1. The Labute approximate surface area is 216 Å². The van der Waals surface area contributed by atoms with E-state index in [1.807, 2.05) is 18.5 Å². The largest absolute Gasteiger partial charge is 0.379 e. The van der Waals surface area contributed by atoms with Gasteiger partial charge in [-0.25, -0.2) is 9.97 Å². The van der Waals surface area contributed by atoms with Crippen LogP contribution in [0.3, 0.4) is 0 Å². The minimum atomic E-state index is 0.391. The number of nitrogens with zero attached hydrogens (tertiary/aromatic N) is 6. The van der Waals surface area contributed by atoms with Crippen LogP contribution in [0.5, 0.6) is 0 Å². The number of nitrogens with one attached hydrogen (secondary N) is 2. The van der Waals surface area contributed by atoms with E-state index in [2.05, 4.69) is 72.3 Å². The highest BCUT2D eigenvalue weighted by molar-refractivity contribution is 6.34. The molecule has 0 radical (unpaired) electrons. The second-order valence-electron chi connectivity index (χ2n) is 9.72. The number of fused-ring (bicyclic) bond motifs is 1. The van der Waals surface area contributed by atoms with Crippen molar-refractivity contribution in [3.05, 3.63) is 60.0 Å². The Morgan fingerprint density at radius 1 is 0.917 bits per heavy atom. The van der Waals surface area contributed by atoms with Crippen molar-refractivity contribution in [1.29, 1.82) is 0 Å². The van der Waals surface area contributed by atoms with Crippen LogP contribution >= 0.6 is 11.6 Å². The van der Waals surface area contributed by atoms with E-state index >= 15 is 0 Å². The van der Waals surface area contributed by atoms with Gasteiger partial charge in [-0.05, 0) is 69.4 Å². The van der Waals surface area contributed by atoms with E-state index in [0.717, 1.165) is 80.3 Å². The van der Waals surface area contributed by atoms with Gasteiger partial charge < -0.3 is 25.0 Å². The van der Waals surface area contributed by atoms with E-state index in [4.69, 9.17) is 16.6 Å². The zero-order valence-electron chi connectivity index (χ0n) is 20.5. The lowest BCUT2D eigenvalue weighted by atomic mass is 10.1. The molecule has 9 heteroatoms. The molecular weight excluding hydrogens is 472 g/mol. The molecule has 2 aliphatic heterocycles. The summed E-state index contributed by atoms with van der Waals surface area (Å²) in [5.41, 5.74) is 5.88. The van der Waals surface area contributed by atoms with Gasteiger partial charge in [-0.2, -0.15) is 0 Å². The number of halogens is 1. The van der Waals surface area contributed by atoms with Crippen molar-refractivity contribution in [2.75, 3.05) is 61.4 Å². The maximum absolute atomic E-state index is 6.56. The Morgan fingerprint density at radius 2 is 1.64 bits per heavy atom. The van der Waals surface area contributed by atoms with Crippen molar-refractivity contribution < 1.29 is 0 Å². The molecule has 36 heavy (non-hydrogen) atoms. The maximum Gasteiger partial charge on any atom is 0.159 e. The molecule has 6 rings (SSSR count). The normalized spacial score (nSPS) is 17.6. The molecule has 3 aromatic heterocycles.